The zero-order valence-corrected chi connectivity index (χ0v) is 24.9. The fraction of sp³-hybridized carbons (Fsp3) is 0.167. The lowest BCUT2D eigenvalue weighted by Crippen LogP contribution is -2.48. The van der Waals surface area contributed by atoms with Gasteiger partial charge < -0.3 is 21.1 Å². The van der Waals surface area contributed by atoms with E-state index in [9.17, 15) is 9.59 Å². The molecular formula is C30H28Cl2N8O3. The molecule has 43 heavy (non-hydrogen) atoms. The Morgan fingerprint density at radius 1 is 1.16 bits per heavy atom. The molecule has 2 aromatic carbocycles. The molecule has 0 aliphatic carbocycles. The summed E-state index contributed by atoms with van der Waals surface area (Å²) in [6, 6.07) is 11.9. The summed E-state index contributed by atoms with van der Waals surface area (Å²) in [7, 11) is 1.51. The lowest BCUT2D eigenvalue weighted by molar-refractivity contribution is -0.111. The van der Waals surface area contributed by atoms with Crippen molar-refractivity contribution in [2.24, 2.45) is 0 Å². The van der Waals surface area contributed by atoms with Crippen LogP contribution in [0.1, 0.15) is 23.6 Å². The smallest absolute Gasteiger partial charge is 0.330 e. The normalized spacial score (nSPS) is 12.5. The topological polar surface area (TPSA) is 139 Å². The maximum absolute atomic E-state index is 14.3. The molecule has 0 bridgehead atoms. The van der Waals surface area contributed by atoms with Crippen molar-refractivity contribution in [1.29, 1.82) is 0 Å². The van der Waals surface area contributed by atoms with Gasteiger partial charge in [-0.2, -0.15) is 4.98 Å². The maximum atomic E-state index is 14.3. The van der Waals surface area contributed by atoms with E-state index in [1.807, 2.05) is 6.92 Å². The molecule has 4 N–H and O–H groups in total. The number of para-hydroxylation sites is 2. The molecule has 13 heteroatoms. The van der Waals surface area contributed by atoms with Crippen LogP contribution in [0.25, 0.3) is 0 Å². The number of hydrogen-bond acceptors (Lipinski definition) is 8. The number of fused-ring (bicyclic) bond motifs is 1. The molecule has 0 radical (unpaired) electrons. The van der Waals surface area contributed by atoms with Crippen LogP contribution in [0, 0.1) is 0 Å². The second-order valence-electron chi connectivity index (χ2n) is 9.52. The van der Waals surface area contributed by atoms with Crippen LogP contribution in [0.4, 0.5) is 39.4 Å². The zero-order chi connectivity index (χ0) is 30.7. The monoisotopic (exact) mass is 618 g/mol. The van der Waals surface area contributed by atoms with E-state index in [1.165, 1.54) is 23.0 Å². The van der Waals surface area contributed by atoms with Gasteiger partial charge in [-0.1, -0.05) is 48.8 Å². The fourth-order valence-electron chi connectivity index (χ4n) is 4.67. The van der Waals surface area contributed by atoms with Gasteiger partial charge in [0.05, 0.1) is 42.3 Å². The third kappa shape index (κ3) is 6.04. The molecule has 0 spiro atoms. The Balaban J connectivity index is 1.59. The summed E-state index contributed by atoms with van der Waals surface area (Å²) in [5.74, 6) is 0.949. The number of pyridine rings is 1. The summed E-state index contributed by atoms with van der Waals surface area (Å²) in [5, 5.41) is 6.46. The lowest BCUT2D eigenvalue weighted by Gasteiger charge is -2.37. The number of aryl methyl sites for hydroxylation is 1. The highest BCUT2D eigenvalue weighted by molar-refractivity contribution is 6.41. The summed E-state index contributed by atoms with van der Waals surface area (Å²) in [4.78, 5) is 42.5. The van der Waals surface area contributed by atoms with Crippen molar-refractivity contribution in [3.8, 4) is 5.75 Å². The molecule has 0 fully saturated rings. The molecule has 1 aliphatic rings. The van der Waals surface area contributed by atoms with E-state index in [2.05, 4.69) is 27.2 Å². The number of urea groups is 1. The van der Waals surface area contributed by atoms with Crippen molar-refractivity contribution < 1.29 is 14.3 Å². The number of amides is 3. The van der Waals surface area contributed by atoms with Crippen molar-refractivity contribution in [2.75, 3.05) is 33.3 Å². The number of nitrogen functional groups attached to an aromatic ring is 1. The van der Waals surface area contributed by atoms with Gasteiger partial charge in [0.15, 0.2) is 0 Å². The van der Waals surface area contributed by atoms with Crippen LogP contribution in [0.5, 0.6) is 5.75 Å². The highest BCUT2D eigenvalue weighted by Crippen LogP contribution is 2.45. The molecule has 0 saturated carbocycles. The number of methoxy groups -OCH3 is 1. The van der Waals surface area contributed by atoms with Crippen molar-refractivity contribution in [3.63, 3.8) is 0 Å². The summed E-state index contributed by atoms with van der Waals surface area (Å²) in [6.07, 6.45) is 4.98. The Morgan fingerprint density at radius 3 is 2.63 bits per heavy atom. The average Bonchev–Trinajstić information content (AvgIpc) is 3.00. The number of carbonyl (C=O) groups excluding carboxylic acids is 2. The fourth-order valence-corrected chi connectivity index (χ4v) is 5.43. The molecule has 0 saturated heterocycles. The van der Waals surface area contributed by atoms with Crippen LogP contribution in [0.3, 0.4) is 0 Å². The largest absolute Gasteiger partial charge is 0.495 e. The van der Waals surface area contributed by atoms with Gasteiger partial charge in [-0.3, -0.25) is 14.6 Å². The number of nitrogens with two attached hydrogens (primary N) is 1. The van der Waals surface area contributed by atoms with Crippen LogP contribution < -0.4 is 30.9 Å². The number of anilines is 6. The maximum Gasteiger partial charge on any atom is 0.330 e. The Labute approximate surface area is 258 Å². The van der Waals surface area contributed by atoms with Gasteiger partial charge >= 0.3 is 6.03 Å². The first kappa shape index (κ1) is 29.6. The molecule has 5 rings (SSSR count). The minimum Gasteiger partial charge on any atom is -0.495 e. The standard InChI is InChI=1S/C30H28Cl2N8O3/c1-4-18-13-22(43-3)26(32)27(25(18)31)39-16-19-14-35-29(37-21-9-7-6-8-20(21)36-24(41)5-2)38-28(19)40(30(39)42)15-17-10-11-34-23(33)12-17/h5-14H,2,4,15-16H2,1,3H3,(H2,33,34)(H,36,41)(H,35,37,38). The Kier molecular flexibility index (Phi) is 8.65. The second kappa shape index (κ2) is 12.6. The molecule has 220 valence electrons. The lowest BCUT2D eigenvalue weighted by atomic mass is 10.1. The molecule has 4 aromatic rings. The van der Waals surface area contributed by atoms with Gasteiger partial charge in [0.1, 0.15) is 22.4 Å². The zero-order valence-electron chi connectivity index (χ0n) is 23.4. The predicted molar refractivity (Wildman–Crippen MR) is 169 cm³/mol. The van der Waals surface area contributed by atoms with Gasteiger partial charge in [-0.25, -0.2) is 14.8 Å². The number of carbonyl (C=O) groups is 2. The number of nitrogens with zero attached hydrogens (tertiary/aromatic N) is 5. The molecular weight excluding hydrogens is 591 g/mol. The van der Waals surface area contributed by atoms with Crippen LogP contribution >= 0.6 is 23.2 Å². The quantitative estimate of drug-likeness (QED) is 0.184. The Hall–Kier alpha value is -4.87. The number of nitrogens with one attached hydrogen (secondary N) is 2. The van der Waals surface area contributed by atoms with Gasteiger partial charge in [0, 0.05) is 18.0 Å². The van der Waals surface area contributed by atoms with E-state index in [-0.39, 0.29) is 30.0 Å². The van der Waals surface area contributed by atoms with Gasteiger partial charge in [0.2, 0.25) is 11.9 Å². The number of ether oxygens (including phenoxy) is 1. The Morgan fingerprint density at radius 2 is 1.93 bits per heavy atom. The summed E-state index contributed by atoms with van der Waals surface area (Å²) in [5.41, 5.74) is 9.50. The van der Waals surface area contributed by atoms with Gasteiger partial charge in [-0.05, 0) is 54.0 Å². The van der Waals surface area contributed by atoms with Crippen molar-refractivity contribution in [3.05, 3.63) is 94.2 Å². The first-order chi connectivity index (χ1) is 20.7. The van der Waals surface area contributed by atoms with Crippen molar-refractivity contribution in [2.45, 2.75) is 26.4 Å². The summed E-state index contributed by atoms with van der Waals surface area (Å²) >= 11 is 13.6. The van der Waals surface area contributed by atoms with Crippen LogP contribution in [-0.4, -0.2) is 34.0 Å². The van der Waals surface area contributed by atoms with Gasteiger partial charge in [0.25, 0.3) is 0 Å². The number of aromatic nitrogens is 3. The minimum atomic E-state index is -0.412. The molecule has 0 atom stereocenters. The first-order valence-corrected chi connectivity index (χ1v) is 14.0. The molecule has 3 heterocycles. The molecule has 0 unspecified atom stereocenters. The Bertz CT molecular complexity index is 1700. The van der Waals surface area contributed by atoms with E-state index in [1.54, 1.807) is 54.9 Å². The third-order valence-corrected chi connectivity index (χ3v) is 7.57. The van der Waals surface area contributed by atoms with E-state index in [0.717, 1.165) is 11.1 Å². The highest BCUT2D eigenvalue weighted by atomic mass is 35.5. The van der Waals surface area contributed by atoms with E-state index in [0.29, 0.717) is 51.5 Å². The third-order valence-electron chi connectivity index (χ3n) is 6.78. The molecule has 3 amide bonds. The second-order valence-corrected chi connectivity index (χ2v) is 10.3. The van der Waals surface area contributed by atoms with E-state index in [4.69, 9.17) is 38.7 Å². The van der Waals surface area contributed by atoms with Crippen LogP contribution in [-0.2, 0) is 24.3 Å². The highest BCUT2D eigenvalue weighted by Gasteiger charge is 2.36. The molecule has 2 aromatic heterocycles. The van der Waals surface area contributed by atoms with Crippen LogP contribution in [0.15, 0.2) is 67.5 Å². The van der Waals surface area contributed by atoms with Crippen molar-refractivity contribution in [1.82, 2.24) is 15.0 Å². The summed E-state index contributed by atoms with van der Waals surface area (Å²) < 4.78 is 5.50. The summed E-state index contributed by atoms with van der Waals surface area (Å²) in [6.45, 7) is 5.68. The predicted octanol–water partition coefficient (Wildman–Crippen LogP) is 6.35. The minimum absolute atomic E-state index is 0.102. The number of rotatable bonds is 9. The van der Waals surface area contributed by atoms with Gasteiger partial charge in [-0.15, -0.1) is 0 Å². The first-order valence-electron chi connectivity index (χ1n) is 13.2. The number of benzene rings is 2. The van der Waals surface area contributed by atoms with Crippen molar-refractivity contribution >= 4 is 69.8 Å². The van der Waals surface area contributed by atoms with Crippen LogP contribution in [0.2, 0.25) is 10.0 Å². The SMILES string of the molecule is C=CC(=O)Nc1ccccc1Nc1ncc2c(n1)N(Cc1ccnc(N)c1)C(=O)N(c1c(Cl)c(CC)cc(OC)c1Cl)C2. The number of hydrogen-bond donors (Lipinski definition) is 3. The number of halogens is 2. The molecule has 11 nitrogen and oxygen atoms in total. The molecule has 1 aliphatic heterocycles. The van der Waals surface area contributed by atoms with E-state index >= 15 is 0 Å². The average molecular weight is 620 g/mol. The van der Waals surface area contributed by atoms with E-state index < -0.39 is 6.03 Å².